The molecule has 0 radical (unpaired) electrons. The largest absolute Gasteiger partial charge is 0.464 e. The lowest BCUT2D eigenvalue weighted by Gasteiger charge is -2.11. The molecule has 90 valence electrons. The topological polar surface area (TPSA) is 39.2 Å². The average Bonchev–Trinajstić information content (AvgIpc) is 2.80. The molecule has 0 fully saturated rings. The quantitative estimate of drug-likeness (QED) is 0.907. The van der Waals surface area contributed by atoms with Crippen molar-refractivity contribution in [3.63, 3.8) is 0 Å². The standard InChI is InChI=1S/C13H13Cl2NO/c1-2-9-4-6-12(17-9)13(16)10-7-8(14)3-5-11(10)15/h3-7,13H,2,16H2,1H3. The Hall–Kier alpha value is -0.960. The van der Waals surface area contributed by atoms with Crippen LogP contribution >= 0.6 is 23.2 Å². The Bertz CT molecular complexity index is 522. The molecule has 17 heavy (non-hydrogen) atoms. The van der Waals surface area contributed by atoms with Gasteiger partial charge in [-0.05, 0) is 35.9 Å². The van der Waals surface area contributed by atoms with E-state index in [1.165, 1.54) is 0 Å². The number of rotatable bonds is 3. The third kappa shape index (κ3) is 2.65. The highest BCUT2D eigenvalue weighted by Gasteiger charge is 2.16. The van der Waals surface area contributed by atoms with E-state index in [0.717, 1.165) is 17.7 Å². The van der Waals surface area contributed by atoms with Gasteiger partial charge in [-0.25, -0.2) is 0 Å². The van der Waals surface area contributed by atoms with Gasteiger partial charge in [-0.2, -0.15) is 0 Å². The second-order valence-corrected chi connectivity index (χ2v) is 4.64. The molecule has 0 saturated carbocycles. The van der Waals surface area contributed by atoms with Gasteiger partial charge in [0.2, 0.25) is 0 Å². The molecule has 2 N–H and O–H groups in total. The van der Waals surface area contributed by atoms with Crippen LogP contribution in [0.2, 0.25) is 10.0 Å². The molecule has 0 aliphatic heterocycles. The van der Waals surface area contributed by atoms with Crippen molar-refractivity contribution in [1.29, 1.82) is 0 Å². The van der Waals surface area contributed by atoms with Gasteiger partial charge in [0.15, 0.2) is 0 Å². The molecule has 2 rings (SSSR count). The maximum atomic E-state index is 6.12. The smallest absolute Gasteiger partial charge is 0.125 e. The van der Waals surface area contributed by atoms with Gasteiger partial charge in [0.25, 0.3) is 0 Å². The van der Waals surface area contributed by atoms with Crippen LogP contribution < -0.4 is 5.73 Å². The summed E-state index contributed by atoms with van der Waals surface area (Å²) in [5.41, 5.74) is 6.89. The van der Waals surface area contributed by atoms with Crippen LogP contribution in [-0.4, -0.2) is 0 Å². The fourth-order valence-corrected chi connectivity index (χ4v) is 2.07. The fraction of sp³-hybridized carbons (Fsp3) is 0.231. The van der Waals surface area contributed by atoms with Crippen LogP contribution in [0.5, 0.6) is 0 Å². The van der Waals surface area contributed by atoms with Crippen molar-refractivity contribution in [2.24, 2.45) is 5.73 Å². The Labute approximate surface area is 110 Å². The van der Waals surface area contributed by atoms with Crippen molar-refractivity contribution in [3.8, 4) is 0 Å². The maximum Gasteiger partial charge on any atom is 0.125 e. The van der Waals surface area contributed by atoms with E-state index in [9.17, 15) is 0 Å². The molecular weight excluding hydrogens is 257 g/mol. The third-order valence-electron chi connectivity index (χ3n) is 2.63. The molecule has 0 aliphatic carbocycles. The molecule has 0 saturated heterocycles. The van der Waals surface area contributed by atoms with Gasteiger partial charge in [-0.3, -0.25) is 0 Å². The Morgan fingerprint density at radius 3 is 2.65 bits per heavy atom. The van der Waals surface area contributed by atoms with Crippen molar-refractivity contribution < 1.29 is 4.42 Å². The van der Waals surface area contributed by atoms with Crippen LogP contribution in [0.15, 0.2) is 34.7 Å². The molecule has 1 unspecified atom stereocenters. The first-order chi connectivity index (χ1) is 8.11. The SMILES string of the molecule is CCc1ccc(C(N)c2cc(Cl)ccc2Cl)o1. The van der Waals surface area contributed by atoms with Crippen LogP contribution in [0.4, 0.5) is 0 Å². The molecule has 1 heterocycles. The molecule has 0 amide bonds. The van der Waals surface area contributed by atoms with Crippen LogP contribution in [-0.2, 0) is 6.42 Å². The van der Waals surface area contributed by atoms with E-state index in [4.69, 9.17) is 33.4 Å². The number of nitrogens with two attached hydrogens (primary N) is 1. The van der Waals surface area contributed by atoms with Crippen molar-refractivity contribution in [3.05, 3.63) is 57.5 Å². The van der Waals surface area contributed by atoms with Gasteiger partial charge in [0.05, 0.1) is 6.04 Å². The molecule has 1 atom stereocenters. The van der Waals surface area contributed by atoms with Crippen LogP contribution in [0, 0.1) is 0 Å². The molecule has 2 aromatic rings. The zero-order valence-corrected chi connectivity index (χ0v) is 10.9. The van der Waals surface area contributed by atoms with E-state index >= 15 is 0 Å². The van der Waals surface area contributed by atoms with Gasteiger partial charge in [-0.15, -0.1) is 0 Å². The summed E-state index contributed by atoms with van der Waals surface area (Å²) in [5, 5.41) is 1.21. The fourth-order valence-electron chi connectivity index (χ4n) is 1.66. The predicted molar refractivity (Wildman–Crippen MR) is 70.6 cm³/mol. The number of hydrogen-bond acceptors (Lipinski definition) is 2. The Balaban J connectivity index is 2.35. The monoisotopic (exact) mass is 269 g/mol. The minimum Gasteiger partial charge on any atom is -0.464 e. The summed E-state index contributed by atoms with van der Waals surface area (Å²) in [6, 6.07) is 8.65. The first kappa shape index (κ1) is 12.5. The molecule has 2 nitrogen and oxygen atoms in total. The maximum absolute atomic E-state index is 6.12. The average molecular weight is 270 g/mol. The first-order valence-electron chi connectivity index (χ1n) is 5.41. The van der Waals surface area contributed by atoms with Gasteiger partial charge in [0, 0.05) is 16.5 Å². The molecule has 0 bridgehead atoms. The molecular formula is C13H13Cl2NO. The van der Waals surface area contributed by atoms with Crippen LogP contribution in [0.3, 0.4) is 0 Å². The Kier molecular flexibility index (Phi) is 3.77. The molecule has 1 aromatic heterocycles. The number of aryl methyl sites for hydroxylation is 1. The highest BCUT2D eigenvalue weighted by Crippen LogP contribution is 2.29. The van der Waals surface area contributed by atoms with Gasteiger partial charge in [-0.1, -0.05) is 30.1 Å². The highest BCUT2D eigenvalue weighted by atomic mass is 35.5. The normalized spacial score (nSPS) is 12.7. The predicted octanol–water partition coefficient (Wildman–Crippen LogP) is 4.20. The number of hydrogen-bond donors (Lipinski definition) is 1. The van der Waals surface area contributed by atoms with E-state index < -0.39 is 0 Å². The summed E-state index contributed by atoms with van der Waals surface area (Å²) < 4.78 is 5.62. The van der Waals surface area contributed by atoms with E-state index in [-0.39, 0.29) is 6.04 Å². The number of benzene rings is 1. The minimum absolute atomic E-state index is 0.388. The summed E-state index contributed by atoms with van der Waals surface area (Å²) in [5.74, 6) is 1.61. The Morgan fingerprint density at radius 2 is 2.00 bits per heavy atom. The molecule has 1 aromatic carbocycles. The number of halogens is 2. The lowest BCUT2D eigenvalue weighted by molar-refractivity contribution is 0.454. The van der Waals surface area contributed by atoms with E-state index in [1.54, 1.807) is 18.2 Å². The van der Waals surface area contributed by atoms with E-state index in [0.29, 0.717) is 15.8 Å². The Morgan fingerprint density at radius 1 is 1.24 bits per heavy atom. The van der Waals surface area contributed by atoms with E-state index in [2.05, 4.69) is 0 Å². The molecule has 0 spiro atoms. The second-order valence-electron chi connectivity index (χ2n) is 3.80. The summed E-state index contributed by atoms with van der Waals surface area (Å²) in [7, 11) is 0. The third-order valence-corrected chi connectivity index (χ3v) is 3.21. The van der Waals surface area contributed by atoms with Crippen molar-refractivity contribution in [2.45, 2.75) is 19.4 Å². The first-order valence-corrected chi connectivity index (χ1v) is 6.16. The zero-order chi connectivity index (χ0) is 12.4. The van der Waals surface area contributed by atoms with Gasteiger partial charge >= 0.3 is 0 Å². The lowest BCUT2D eigenvalue weighted by Crippen LogP contribution is -2.11. The van der Waals surface area contributed by atoms with Crippen molar-refractivity contribution >= 4 is 23.2 Å². The summed E-state index contributed by atoms with van der Waals surface area (Å²) >= 11 is 12.0. The number of furan rings is 1. The van der Waals surface area contributed by atoms with Crippen molar-refractivity contribution in [2.75, 3.05) is 0 Å². The van der Waals surface area contributed by atoms with Gasteiger partial charge in [0.1, 0.15) is 11.5 Å². The highest BCUT2D eigenvalue weighted by molar-refractivity contribution is 6.33. The van der Waals surface area contributed by atoms with Crippen LogP contribution in [0.1, 0.15) is 30.0 Å². The van der Waals surface area contributed by atoms with Gasteiger partial charge < -0.3 is 10.2 Å². The minimum atomic E-state index is -0.388. The zero-order valence-electron chi connectivity index (χ0n) is 9.41. The lowest BCUT2D eigenvalue weighted by atomic mass is 10.1. The second kappa shape index (κ2) is 5.13. The van der Waals surface area contributed by atoms with E-state index in [1.807, 2.05) is 19.1 Å². The van der Waals surface area contributed by atoms with Crippen molar-refractivity contribution in [1.82, 2.24) is 0 Å². The van der Waals surface area contributed by atoms with Crippen LogP contribution in [0.25, 0.3) is 0 Å². The summed E-state index contributed by atoms with van der Waals surface area (Å²) in [6.45, 7) is 2.03. The summed E-state index contributed by atoms with van der Waals surface area (Å²) in [6.07, 6.45) is 0.843. The molecule has 0 aliphatic rings. The molecule has 4 heteroatoms. The summed E-state index contributed by atoms with van der Waals surface area (Å²) in [4.78, 5) is 0.